The van der Waals surface area contributed by atoms with Crippen molar-refractivity contribution in [1.82, 2.24) is 5.32 Å². The smallest absolute Gasteiger partial charge is 0.237 e. The van der Waals surface area contributed by atoms with Crippen LogP contribution in [-0.2, 0) is 4.79 Å². The number of carbonyl (C=O) groups is 1. The minimum absolute atomic E-state index is 0.170. The summed E-state index contributed by atoms with van der Waals surface area (Å²) < 4.78 is 11.1. The second-order valence-electron chi connectivity index (χ2n) is 5.50. The van der Waals surface area contributed by atoms with Gasteiger partial charge in [-0.25, -0.2) is 0 Å². The predicted molar refractivity (Wildman–Crippen MR) is 83.6 cm³/mol. The van der Waals surface area contributed by atoms with E-state index in [0.717, 1.165) is 11.5 Å². The highest BCUT2D eigenvalue weighted by Crippen LogP contribution is 2.20. The number of nitrogens with one attached hydrogen (secondary N) is 1. The molecule has 0 saturated heterocycles. The first-order valence-corrected chi connectivity index (χ1v) is 7.30. The Hall–Kier alpha value is -1.75. The molecule has 1 unspecified atom stereocenters. The van der Waals surface area contributed by atoms with Gasteiger partial charge in [0.2, 0.25) is 5.91 Å². The van der Waals surface area contributed by atoms with Crippen LogP contribution in [0.15, 0.2) is 24.3 Å². The van der Waals surface area contributed by atoms with E-state index in [1.807, 2.05) is 45.0 Å². The molecule has 5 nitrogen and oxygen atoms in total. The zero-order chi connectivity index (χ0) is 15.9. The maximum atomic E-state index is 11.6. The van der Waals surface area contributed by atoms with Crippen LogP contribution in [0.2, 0.25) is 0 Å². The van der Waals surface area contributed by atoms with Crippen molar-refractivity contribution in [2.45, 2.75) is 45.7 Å². The van der Waals surface area contributed by atoms with Crippen LogP contribution < -0.4 is 20.5 Å². The monoisotopic (exact) mass is 294 g/mol. The Morgan fingerprint density at radius 3 is 2.48 bits per heavy atom. The van der Waals surface area contributed by atoms with Crippen molar-refractivity contribution < 1.29 is 14.3 Å². The number of carbonyl (C=O) groups excluding carboxylic acids is 1. The van der Waals surface area contributed by atoms with Crippen LogP contribution in [0, 0.1) is 0 Å². The van der Waals surface area contributed by atoms with Gasteiger partial charge in [0, 0.05) is 18.5 Å². The lowest BCUT2D eigenvalue weighted by Gasteiger charge is -2.29. The quantitative estimate of drug-likeness (QED) is 0.731. The lowest BCUT2D eigenvalue weighted by molar-refractivity contribution is -0.124. The number of ether oxygens (including phenoxy) is 2. The summed E-state index contributed by atoms with van der Waals surface area (Å²) in [6.07, 6.45) is 0.499. The van der Waals surface area contributed by atoms with E-state index in [9.17, 15) is 4.79 Å². The van der Waals surface area contributed by atoms with E-state index in [-0.39, 0.29) is 11.9 Å². The molecule has 21 heavy (non-hydrogen) atoms. The Balaban J connectivity index is 2.58. The van der Waals surface area contributed by atoms with Gasteiger partial charge in [0.25, 0.3) is 0 Å². The van der Waals surface area contributed by atoms with Gasteiger partial charge >= 0.3 is 0 Å². The maximum Gasteiger partial charge on any atom is 0.237 e. The fourth-order valence-corrected chi connectivity index (χ4v) is 2.10. The van der Waals surface area contributed by atoms with E-state index in [2.05, 4.69) is 5.32 Å². The first-order chi connectivity index (χ1) is 9.87. The second-order valence-corrected chi connectivity index (χ2v) is 5.50. The second kappa shape index (κ2) is 7.88. The molecule has 0 heterocycles. The molecule has 118 valence electrons. The number of benzene rings is 1. The van der Waals surface area contributed by atoms with Crippen molar-refractivity contribution in [2.75, 3.05) is 13.2 Å². The molecule has 1 aromatic rings. The Morgan fingerprint density at radius 2 is 1.95 bits per heavy atom. The molecule has 0 spiro atoms. The van der Waals surface area contributed by atoms with Gasteiger partial charge in [-0.3, -0.25) is 4.79 Å². The summed E-state index contributed by atoms with van der Waals surface area (Å²) in [5, 5.41) is 3.19. The van der Waals surface area contributed by atoms with Crippen LogP contribution in [0.3, 0.4) is 0 Å². The van der Waals surface area contributed by atoms with Gasteiger partial charge in [-0.15, -0.1) is 0 Å². The number of hydrogen-bond acceptors (Lipinski definition) is 4. The highest BCUT2D eigenvalue weighted by molar-refractivity contribution is 5.84. The lowest BCUT2D eigenvalue weighted by Crippen LogP contribution is -2.56. The van der Waals surface area contributed by atoms with E-state index in [1.54, 1.807) is 6.92 Å². The molecule has 1 atom stereocenters. The number of amides is 1. The van der Waals surface area contributed by atoms with E-state index >= 15 is 0 Å². The van der Waals surface area contributed by atoms with Crippen molar-refractivity contribution in [3.05, 3.63) is 24.3 Å². The molecule has 1 rings (SSSR count). The number of rotatable bonds is 9. The molecule has 0 aliphatic rings. The number of nitrogens with two attached hydrogens (primary N) is 1. The molecular weight excluding hydrogens is 268 g/mol. The van der Waals surface area contributed by atoms with Crippen molar-refractivity contribution in [2.24, 2.45) is 5.73 Å². The largest absolute Gasteiger partial charge is 0.494 e. The van der Waals surface area contributed by atoms with Crippen LogP contribution in [0.5, 0.6) is 11.5 Å². The third kappa shape index (κ3) is 5.63. The van der Waals surface area contributed by atoms with Crippen LogP contribution in [0.25, 0.3) is 0 Å². The topological polar surface area (TPSA) is 73.6 Å². The van der Waals surface area contributed by atoms with E-state index in [0.29, 0.717) is 19.6 Å². The maximum absolute atomic E-state index is 11.6. The SMILES string of the molecule is CCOc1cccc(OCCC(C)(NC(C)C)C(N)=O)c1. The Labute approximate surface area is 126 Å². The zero-order valence-electron chi connectivity index (χ0n) is 13.3. The standard InChI is InChI=1S/C16H26N2O3/c1-5-20-13-7-6-8-14(11-13)21-10-9-16(4,15(17)19)18-12(2)3/h6-8,11-12,18H,5,9-10H2,1-4H3,(H2,17,19). The van der Waals surface area contributed by atoms with Gasteiger partial charge in [0.05, 0.1) is 18.8 Å². The molecule has 0 bridgehead atoms. The molecule has 0 aromatic heterocycles. The van der Waals surface area contributed by atoms with Gasteiger partial charge in [-0.05, 0) is 39.8 Å². The summed E-state index contributed by atoms with van der Waals surface area (Å²) in [6, 6.07) is 7.62. The molecule has 0 aliphatic carbocycles. The summed E-state index contributed by atoms with van der Waals surface area (Å²) in [5.41, 5.74) is 4.71. The predicted octanol–water partition coefficient (Wildman–Crippen LogP) is 2.10. The fourth-order valence-electron chi connectivity index (χ4n) is 2.10. The Morgan fingerprint density at radius 1 is 1.33 bits per heavy atom. The van der Waals surface area contributed by atoms with Crippen LogP contribution >= 0.6 is 0 Å². The highest BCUT2D eigenvalue weighted by atomic mass is 16.5. The van der Waals surface area contributed by atoms with Gasteiger partial charge in [-0.1, -0.05) is 6.07 Å². The molecule has 0 aliphatic heterocycles. The molecule has 3 N–H and O–H groups in total. The van der Waals surface area contributed by atoms with Crippen LogP contribution in [0.4, 0.5) is 0 Å². The Kier molecular flexibility index (Phi) is 6.49. The third-order valence-corrected chi connectivity index (χ3v) is 3.14. The van der Waals surface area contributed by atoms with Crippen LogP contribution in [0.1, 0.15) is 34.1 Å². The number of primary amides is 1. The van der Waals surface area contributed by atoms with E-state index < -0.39 is 5.54 Å². The zero-order valence-corrected chi connectivity index (χ0v) is 13.3. The minimum atomic E-state index is -0.772. The summed E-state index contributed by atoms with van der Waals surface area (Å²) in [6.45, 7) is 8.70. The lowest BCUT2D eigenvalue weighted by atomic mass is 9.96. The normalized spacial score (nSPS) is 13.8. The molecule has 0 fully saturated rings. The van der Waals surface area contributed by atoms with Gasteiger partial charge in [0.15, 0.2) is 0 Å². The van der Waals surface area contributed by atoms with E-state index in [1.165, 1.54) is 0 Å². The third-order valence-electron chi connectivity index (χ3n) is 3.14. The fraction of sp³-hybridized carbons (Fsp3) is 0.562. The molecule has 0 saturated carbocycles. The summed E-state index contributed by atoms with van der Waals surface area (Å²) in [4.78, 5) is 11.6. The average molecular weight is 294 g/mol. The minimum Gasteiger partial charge on any atom is -0.494 e. The Bertz CT molecular complexity index is 463. The van der Waals surface area contributed by atoms with Gasteiger partial charge in [0.1, 0.15) is 11.5 Å². The van der Waals surface area contributed by atoms with Crippen molar-refractivity contribution in [3.8, 4) is 11.5 Å². The van der Waals surface area contributed by atoms with Crippen molar-refractivity contribution in [1.29, 1.82) is 0 Å². The van der Waals surface area contributed by atoms with Gasteiger partial charge < -0.3 is 20.5 Å². The van der Waals surface area contributed by atoms with Crippen molar-refractivity contribution in [3.63, 3.8) is 0 Å². The average Bonchev–Trinajstić information content (AvgIpc) is 2.38. The summed E-state index contributed by atoms with van der Waals surface area (Å²) >= 11 is 0. The molecular formula is C16H26N2O3. The molecule has 1 aromatic carbocycles. The summed E-state index contributed by atoms with van der Waals surface area (Å²) in [5.74, 6) is 1.12. The summed E-state index contributed by atoms with van der Waals surface area (Å²) in [7, 11) is 0. The first-order valence-electron chi connectivity index (χ1n) is 7.30. The highest BCUT2D eigenvalue weighted by Gasteiger charge is 2.31. The number of hydrogen-bond donors (Lipinski definition) is 2. The van der Waals surface area contributed by atoms with E-state index in [4.69, 9.17) is 15.2 Å². The molecule has 5 heteroatoms. The first kappa shape index (κ1) is 17.3. The molecule has 1 amide bonds. The van der Waals surface area contributed by atoms with Crippen LogP contribution in [-0.4, -0.2) is 30.7 Å². The van der Waals surface area contributed by atoms with Crippen molar-refractivity contribution >= 4 is 5.91 Å². The van der Waals surface area contributed by atoms with Gasteiger partial charge in [-0.2, -0.15) is 0 Å². The molecule has 0 radical (unpaired) electrons.